The van der Waals surface area contributed by atoms with Crippen molar-refractivity contribution in [2.45, 2.75) is 19.8 Å². The smallest absolute Gasteiger partial charge is 0.128 e. The standard InChI is InChI=1S/C23H20ClN3S/c1-15-26-23-20(18-4-2-5-19(24)13-18)11-17(12-21(23)28-15)10-16-6-7-22(25-14-16)27-8-3-9-27/h2,4-7,11-14H,3,8-10H2,1H3. The maximum absolute atomic E-state index is 6.25. The van der Waals surface area contributed by atoms with Crippen LogP contribution in [0.5, 0.6) is 0 Å². The molecule has 0 N–H and O–H groups in total. The Bertz CT molecular complexity index is 1150. The van der Waals surface area contributed by atoms with Gasteiger partial charge >= 0.3 is 0 Å². The fourth-order valence-electron chi connectivity index (χ4n) is 3.66. The Morgan fingerprint density at radius 3 is 2.68 bits per heavy atom. The highest BCUT2D eigenvalue weighted by atomic mass is 35.5. The van der Waals surface area contributed by atoms with Crippen LogP contribution < -0.4 is 4.90 Å². The molecule has 0 amide bonds. The van der Waals surface area contributed by atoms with Crippen LogP contribution in [0.3, 0.4) is 0 Å². The Hall–Kier alpha value is -2.43. The van der Waals surface area contributed by atoms with Gasteiger partial charge in [0.1, 0.15) is 5.82 Å². The summed E-state index contributed by atoms with van der Waals surface area (Å²) in [5.74, 6) is 1.09. The number of halogens is 1. The highest BCUT2D eigenvalue weighted by Gasteiger charge is 2.15. The second-order valence-electron chi connectivity index (χ2n) is 7.28. The van der Waals surface area contributed by atoms with Gasteiger partial charge in [0.15, 0.2) is 0 Å². The van der Waals surface area contributed by atoms with Crippen LogP contribution in [0, 0.1) is 6.92 Å². The molecule has 3 nitrogen and oxygen atoms in total. The first-order chi connectivity index (χ1) is 13.7. The number of nitrogens with zero attached hydrogens (tertiary/aromatic N) is 3. The van der Waals surface area contributed by atoms with Gasteiger partial charge in [-0.3, -0.25) is 0 Å². The molecule has 2 aromatic carbocycles. The number of hydrogen-bond donors (Lipinski definition) is 0. The molecule has 0 aliphatic carbocycles. The van der Waals surface area contributed by atoms with Gasteiger partial charge in [-0.2, -0.15) is 0 Å². The van der Waals surface area contributed by atoms with Crippen LogP contribution in [0.4, 0.5) is 5.82 Å². The molecular weight excluding hydrogens is 386 g/mol. The number of fused-ring (bicyclic) bond motifs is 1. The Labute approximate surface area is 173 Å². The number of aryl methyl sites for hydroxylation is 1. The van der Waals surface area contributed by atoms with E-state index in [1.54, 1.807) is 11.3 Å². The molecule has 0 radical (unpaired) electrons. The molecular formula is C23H20ClN3S. The summed E-state index contributed by atoms with van der Waals surface area (Å²) in [6, 6.07) is 16.9. The zero-order chi connectivity index (χ0) is 19.1. The van der Waals surface area contributed by atoms with Gasteiger partial charge < -0.3 is 4.90 Å². The summed E-state index contributed by atoms with van der Waals surface area (Å²) in [7, 11) is 0. The van der Waals surface area contributed by atoms with E-state index in [4.69, 9.17) is 16.6 Å². The van der Waals surface area contributed by atoms with Crippen molar-refractivity contribution >= 4 is 39.0 Å². The summed E-state index contributed by atoms with van der Waals surface area (Å²) < 4.78 is 1.22. The number of pyridine rings is 1. The van der Waals surface area contributed by atoms with E-state index in [1.165, 1.54) is 22.2 Å². The molecule has 0 unspecified atom stereocenters. The molecule has 1 saturated heterocycles. The molecule has 4 aromatic rings. The Kier molecular flexibility index (Phi) is 4.53. The van der Waals surface area contributed by atoms with Crippen molar-refractivity contribution in [3.63, 3.8) is 0 Å². The molecule has 2 aromatic heterocycles. The third-order valence-electron chi connectivity index (χ3n) is 5.19. The highest BCUT2D eigenvalue weighted by Crippen LogP contribution is 2.34. The topological polar surface area (TPSA) is 29.0 Å². The average Bonchev–Trinajstić information content (AvgIpc) is 3.01. The molecule has 0 atom stereocenters. The summed E-state index contributed by atoms with van der Waals surface area (Å²) in [4.78, 5) is 11.7. The Balaban J connectivity index is 1.52. The van der Waals surface area contributed by atoms with E-state index >= 15 is 0 Å². The van der Waals surface area contributed by atoms with E-state index in [-0.39, 0.29) is 0 Å². The van der Waals surface area contributed by atoms with E-state index in [9.17, 15) is 0 Å². The molecule has 5 heteroatoms. The predicted molar refractivity (Wildman–Crippen MR) is 119 cm³/mol. The summed E-state index contributed by atoms with van der Waals surface area (Å²) in [6.45, 7) is 4.30. The predicted octanol–water partition coefficient (Wildman–Crippen LogP) is 6.12. The molecule has 1 aliphatic rings. The molecule has 1 fully saturated rings. The first kappa shape index (κ1) is 17.7. The van der Waals surface area contributed by atoms with Crippen LogP contribution in [0.2, 0.25) is 5.02 Å². The second-order valence-corrected chi connectivity index (χ2v) is 8.95. The van der Waals surface area contributed by atoms with Crippen molar-refractivity contribution in [1.82, 2.24) is 9.97 Å². The highest BCUT2D eigenvalue weighted by molar-refractivity contribution is 7.18. The van der Waals surface area contributed by atoms with E-state index in [0.29, 0.717) is 0 Å². The molecule has 0 bridgehead atoms. The molecule has 140 valence electrons. The van der Waals surface area contributed by atoms with Crippen LogP contribution in [-0.4, -0.2) is 23.1 Å². The largest absolute Gasteiger partial charge is 0.356 e. The number of benzene rings is 2. The third-order valence-corrected chi connectivity index (χ3v) is 6.35. The van der Waals surface area contributed by atoms with Crippen LogP contribution in [0.25, 0.3) is 21.3 Å². The van der Waals surface area contributed by atoms with Gasteiger partial charge in [-0.15, -0.1) is 11.3 Å². The Morgan fingerprint density at radius 2 is 1.96 bits per heavy atom. The van der Waals surface area contributed by atoms with E-state index < -0.39 is 0 Å². The first-order valence-corrected chi connectivity index (χ1v) is 10.7. The van der Waals surface area contributed by atoms with Gasteiger partial charge in [-0.1, -0.05) is 29.8 Å². The zero-order valence-corrected chi connectivity index (χ0v) is 17.2. The van der Waals surface area contributed by atoms with Crippen LogP contribution in [0.15, 0.2) is 54.7 Å². The first-order valence-electron chi connectivity index (χ1n) is 9.51. The summed E-state index contributed by atoms with van der Waals surface area (Å²) in [6.07, 6.45) is 4.13. The molecule has 0 spiro atoms. The normalized spacial score (nSPS) is 13.7. The van der Waals surface area contributed by atoms with Gasteiger partial charge in [0, 0.05) is 29.9 Å². The molecule has 5 rings (SSSR count). The van der Waals surface area contributed by atoms with Crippen LogP contribution >= 0.6 is 22.9 Å². The molecule has 0 saturated carbocycles. The lowest BCUT2D eigenvalue weighted by Gasteiger charge is -2.31. The molecule has 28 heavy (non-hydrogen) atoms. The minimum absolute atomic E-state index is 0.744. The minimum Gasteiger partial charge on any atom is -0.356 e. The van der Waals surface area contributed by atoms with E-state index in [0.717, 1.165) is 52.0 Å². The van der Waals surface area contributed by atoms with Gasteiger partial charge in [0.05, 0.1) is 15.2 Å². The lowest BCUT2D eigenvalue weighted by atomic mass is 9.98. The van der Waals surface area contributed by atoms with Crippen molar-refractivity contribution in [1.29, 1.82) is 0 Å². The minimum atomic E-state index is 0.744. The fourth-order valence-corrected chi connectivity index (χ4v) is 4.77. The number of hydrogen-bond acceptors (Lipinski definition) is 4. The summed E-state index contributed by atoms with van der Waals surface area (Å²) in [5.41, 5.74) is 5.80. The number of rotatable bonds is 4. The monoisotopic (exact) mass is 405 g/mol. The summed E-state index contributed by atoms with van der Waals surface area (Å²) >= 11 is 7.99. The maximum Gasteiger partial charge on any atom is 0.128 e. The number of anilines is 1. The number of thiazole rings is 1. The van der Waals surface area contributed by atoms with Crippen LogP contribution in [-0.2, 0) is 6.42 Å². The van der Waals surface area contributed by atoms with Gasteiger partial charge in [0.2, 0.25) is 0 Å². The SMILES string of the molecule is Cc1nc2c(-c3cccc(Cl)c3)cc(Cc3ccc(N4CCC4)nc3)cc2s1. The average molecular weight is 406 g/mol. The van der Waals surface area contributed by atoms with Gasteiger partial charge in [-0.25, -0.2) is 9.97 Å². The van der Waals surface area contributed by atoms with Gasteiger partial charge in [0.25, 0.3) is 0 Å². The van der Waals surface area contributed by atoms with Crippen molar-refractivity contribution in [3.8, 4) is 11.1 Å². The molecule has 3 heterocycles. The Morgan fingerprint density at radius 1 is 1.07 bits per heavy atom. The maximum atomic E-state index is 6.25. The van der Waals surface area contributed by atoms with Gasteiger partial charge in [-0.05, 0) is 66.8 Å². The lowest BCUT2D eigenvalue weighted by Crippen LogP contribution is -2.37. The second kappa shape index (κ2) is 7.19. The quantitative estimate of drug-likeness (QED) is 0.409. The van der Waals surface area contributed by atoms with Crippen molar-refractivity contribution in [2.24, 2.45) is 0 Å². The van der Waals surface area contributed by atoms with E-state index in [1.807, 2.05) is 24.4 Å². The van der Waals surface area contributed by atoms with Crippen molar-refractivity contribution in [2.75, 3.05) is 18.0 Å². The zero-order valence-electron chi connectivity index (χ0n) is 15.7. The summed E-state index contributed by atoms with van der Waals surface area (Å²) in [5, 5.41) is 1.82. The lowest BCUT2D eigenvalue weighted by molar-refractivity contribution is 0.609. The van der Waals surface area contributed by atoms with Crippen molar-refractivity contribution in [3.05, 3.63) is 75.9 Å². The van der Waals surface area contributed by atoms with Crippen LogP contribution in [0.1, 0.15) is 22.6 Å². The van der Waals surface area contributed by atoms with Crippen molar-refractivity contribution < 1.29 is 0 Å². The molecule has 1 aliphatic heterocycles. The fraction of sp³-hybridized carbons (Fsp3) is 0.217. The van der Waals surface area contributed by atoms with E-state index in [2.05, 4.69) is 47.1 Å². The third kappa shape index (κ3) is 3.38. The number of aromatic nitrogens is 2.